The standard InChI is InChI=1S/C23H27N3O3/c1-14(22(28)29-3)24-21(27)18-13-23(2)10-6-11-25-12-9-16-15-7-4-5-8-17(15)26(18)19(16)20(23)25/h4-5,7-8,13-14,20H,6,9-12H2,1-3H3,(H,24,27)/t14-,20+,23-/m0/s1. The zero-order valence-electron chi connectivity index (χ0n) is 17.2. The number of carbonyl (C=O) groups excluding carboxylic acids is 2. The first-order valence-electron chi connectivity index (χ1n) is 10.4. The average Bonchev–Trinajstić information content (AvgIpc) is 3.06. The molecule has 1 N–H and O–H groups in total. The number of hydrogen-bond donors (Lipinski definition) is 1. The number of nitrogens with zero attached hydrogens (tertiary/aromatic N) is 2. The number of hydrogen-bond acceptors (Lipinski definition) is 4. The summed E-state index contributed by atoms with van der Waals surface area (Å²) in [6.07, 6.45) is 5.34. The van der Waals surface area contributed by atoms with Gasteiger partial charge in [-0.2, -0.15) is 0 Å². The van der Waals surface area contributed by atoms with Crippen molar-refractivity contribution in [1.29, 1.82) is 0 Å². The third-order valence-corrected chi connectivity index (χ3v) is 6.92. The Kier molecular flexibility index (Phi) is 4.10. The third-order valence-electron chi connectivity index (χ3n) is 6.92. The smallest absolute Gasteiger partial charge is 0.328 e. The minimum Gasteiger partial charge on any atom is -0.467 e. The molecule has 0 spiro atoms. The number of carbonyl (C=O) groups is 2. The highest BCUT2D eigenvalue weighted by atomic mass is 16.5. The van der Waals surface area contributed by atoms with Gasteiger partial charge in [-0.3, -0.25) is 9.69 Å². The first kappa shape index (κ1) is 18.4. The molecule has 6 heteroatoms. The van der Waals surface area contributed by atoms with Gasteiger partial charge in [0.25, 0.3) is 5.91 Å². The molecule has 3 aliphatic rings. The van der Waals surface area contributed by atoms with Gasteiger partial charge in [0.1, 0.15) is 11.7 Å². The molecule has 2 aromatic rings. The Morgan fingerprint density at radius 1 is 1.28 bits per heavy atom. The lowest BCUT2D eigenvalue weighted by Crippen LogP contribution is -2.51. The van der Waals surface area contributed by atoms with E-state index in [1.54, 1.807) is 6.92 Å². The Balaban J connectivity index is 1.70. The predicted molar refractivity (Wildman–Crippen MR) is 111 cm³/mol. The van der Waals surface area contributed by atoms with Crippen molar-refractivity contribution in [3.05, 3.63) is 41.6 Å². The fourth-order valence-electron chi connectivity index (χ4n) is 5.66. The molecule has 152 valence electrons. The summed E-state index contributed by atoms with van der Waals surface area (Å²) in [4.78, 5) is 27.8. The highest BCUT2D eigenvalue weighted by Crippen LogP contribution is 2.55. The molecule has 0 bridgehead atoms. The van der Waals surface area contributed by atoms with E-state index >= 15 is 0 Å². The lowest BCUT2D eigenvalue weighted by atomic mass is 9.69. The highest BCUT2D eigenvalue weighted by molar-refractivity contribution is 6.17. The molecule has 3 aliphatic heterocycles. The van der Waals surface area contributed by atoms with Crippen LogP contribution in [0.5, 0.6) is 0 Å². The molecule has 4 heterocycles. The highest BCUT2D eigenvalue weighted by Gasteiger charge is 2.49. The number of benzene rings is 1. The number of methoxy groups -OCH3 is 1. The lowest BCUT2D eigenvalue weighted by molar-refractivity contribution is -0.144. The quantitative estimate of drug-likeness (QED) is 0.815. The van der Waals surface area contributed by atoms with E-state index in [1.165, 1.54) is 23.8 Å². The fraction of sp³-hybridized carbons (Fsp3) is 0.478. The summed E-state index contributed by atoms with van der Waals surface area (Å²) < 4.78 is 6.93. The van der Waals surface area contributed by atoms with Crippen molar-refractivity contribution in [2.75, 3.05) is 20.2 Å². The summed E-state index contributed by atoms with van der Waals surface area (Å²) in [5.41, 5.74) is 4.23. The van der Waals surface area contributed by atoms with Crippen LogP contribution in [0.1, 0.15) is 44.0 Å². The van der Waals surface area contributed by atoms with E-state index in [1.807, 2.05) is 6.07 Å². The molecule has 0 saturated carbocycles. The van der Waals surface area contributed by atoms with Crippen molar-refractivity contribution < 1.29 is 14.3 Å². The van der Waals surface area contributed by atoms with Crippen molar-refractivity contribution in [1.82, 2.24) is 14.8 Å². The number of para-hydroxylation sites is 1. The normalized spacial score (nSPS) is 26.4. The van der Waals surface area contributed by atoms with Crippen LogP contribution >= 0.6 is 0 Å². The van der Waals surface area contributed by atoms with Gasteiger partial charge in [0.05, 0.1) is 18.7 Å². The van der Waals surface area contributed by atoms with Crippen LogP contribution in [0.15, 0.2) is 30.3 Å². The summed E-state index contributed by atoms with van der Waals surface area (Å²) in [7, 11) is 1.34. The minimum absolute atomic E-state index is 0.0982. The molecule has 1 fully saturated rings. The summed E-state index contributed by atoms with van der Waals surface area (Å²) in [5, 5.41) is 4.07. The maximum atomic E-state index is 13.3. The van der Waals surface area contributed by atoms with E-state index in [-0.39, 0.29) is 11.3 Å². The SMILES string of the molecule is COC(=O)[C@H](C)NC(=O)C1=C[C@]2(C)CCCN3CCc4c(n1c1ccccc41)[C@@H]32. The summed E-state index contributed by atoms with van der Waals surface area (Å²) >= 11 is 0. The Morgan fingerprint density at radius 2 is 2.07 bits per heavy atom. The lowest BCUT2D eigenvalue weighted by Gasteiger charge is -2.52. The van der Waals surface area contributed by atoms with Gasteiger partial charge >= 0.3 is 5.97 Å². The number of aromatic nitrogens is 1. The molecule has 0 radical (unpaired) electrons. The van der Waals surface area contributed by atoms with E-state index in [4.69, 9.17) is 4.74 Å². The van der Waals surface area contributed by atoms with Crippen LogP contribution in [0.25, 0.3) is 16.6 Å². The maximum Gasteiger partial charge on any atom is 0.328 e. The number of fused-ring (bicyclic) bond motifs is 3. The van der Waals surface area contributed by atoms with Gasteiger partial charge in [-0.1, -0.05) is 25.1 Å². The minimum atomic E-state index is -0.695. The molecule has 1 aromatic carbocycles. The van der Waals surface area contributed by atoms with Crippen molar-refractivity contribution in [3.8, 4) is 0 Å². The number of ether oxygens (including phenoxy) is 1. The van der Waals surface area contributed by atoms with Crippen LogP contribution in [-0.4, -0.2) is 47.6 Å². The van der Waals surface area contributed by atoms with Crippen molar-refractivity contribution in [2.24, 2.45) is 5.41 Å². The predicted octanol–water partition coefficient (Wildman–Crippen LogP) is 2.87. The molecule has 3 atom stereocenters. The summed E-state index contributed by atoms with van der Waals surface area (Å²) in [6, 6.07) is 7.95. The van der Waals surface area contributed by atoms with Crippen molar-refractivity contribution >= 4 is 28.5 Å². The molecular formula is C23H27N3O3. The molecule has 1 aromatic heterocycles. The molecule has 29 heavy (non-hydrogen) atoms. The fourth-order valence-corrected chi connectivity index (χ4v) is 5.66. The van der Waals surface area contributed by atoms with Crippen molar-refractivity contribution in [2.45, 2.75) is 45.2 Å². The van der Waals surface area contributed by atoms with Gasteiger partial charge in [-0.25, -0.2) is 4.79 Å². The number of esters is 1. The Morgan fingerprint density at radius 3 is 2.86 bits per heavy atom. The van der Waals surface area contributed by atoms with E-state index in [0.717, 1.165) is 37.9 Å². The number of piperidine rings is 1. The molecular weight excluding hydrogens is 366 g/mol. The zero-order valence-corrected chi connectivity index (χ0v) is 17.2. The van der Waals surface area contributed by atoms with E-state index in [2.05, 4.69) is 46.0 Å². The third kappa shape index (κ3) is 2.58. The first-order chi connectivity index (χ1) is 13.9. The molecule has 6 nitrogen and oxygen atoms in total. The maximum absolute atomic E-state index is 13.3. The monoisotopic (exact) mass is 393 g/mol. The van der Waals surface area contributed by atoms with Gasteiger partial charge in [-0.15, -0.1) is 0 Å². The second-order valence-corrected chi connectivity index (χ2v) is 8.76. The van der Waals surface area contributed by atoms with E-state index < -0.39 is 12.0 Å². The molecule has 5 rings (SSSR count). The van der Waals surface area contributed by atoms with Crippen LogP contribution in [0.4, 0.5) is 0 Å². The van der Waals surface area contributed by atoms with Crippen LogP contribution < -0.4 is 5.32 Å². The van der Waals surface area contributed by atoms with Gasteiger partial charge < -0.3 is 14.6 Å². The molecule has 0 aliphatic carbocycles. The zero-order chi connectivity index (χ0) is 20.3. The summed E-state index contributed by atoms with van der Waals surface area (Å²) in [6.45, 7) is 6.10. The van der Waals surface area contributed by atoms with Crippen LogP contribution in [-0.2, 0) is 20.7 Å². The number of rotatable bonds is 3. The number of nitrogens with one attached hydrogen (secondary N) is 1. The Labute approximate surface area is 170 Å². The molecule has 0 unspecified atom stereocenters. The van der Waals surface area contributed by atoms with Gasteiger partial charge in [0.2, 0.25) is 0 Å². The number of amides is 1. The van der Waals surface area contributed by atoms with Crippen molar-refractivity contribution in [3.63, 3.8) is 0 Å². The second-order valence-electron chi connectivity index (χ2n) is 8.76. The summed E-state index contributed by atoms with van der Waals surface area (Å²) in [5.74, 6) is -0.670. The van der Waals surface area contributed by atoms with Crippen LogP contribution in [0.2, 0.25) is 0 Å². The first-order valence-corrected chi connectivity index (χ1v) is 10.4. The van der Waals surface area contributed by atoms with Gasteiger partial charge in [-0.05, 0) is 50.4 Å². The van der Waals surface area contributed by atoms with Gasteiger partial charge in [0.15, 0.2) is 0 Å². The van der Waals surface area contributed by atoms with E-state index in [0.29, 0.717) is 11.7 Å². The molecule has 1 saturated heterocycles. The average molecular weight is 393 g/mol. The Hall–Kier alpha value is -2.60. The molecule has 1 amide bonds. The topological polar surface area (TPSA) is 63.6 Å². The van der Waals surface area contributed by atoms with Gasteiger partial charge in [0, 0.05) is 23.0 Å². The Bertz CT molecular complexity index is 1050. The van der Waals surface area contributed by atoms with E-state index in [9.17, 15) is 9.59 Å². The second kappa shape index (κ2) is 6.46. The largest absolute Gasteiger partial charge is 0.467 e. The van der Waals surface area contributed by atoms with Crippen LogP contribution in [0, 0.1) is 5.41 Å². The van der Waals surface area contributed by atoms with Crippen LogP contribution in [0.3, 0.4) is 0 Å².